The van der Waals surface area contributed by atoms with Crippen LogP contribution in [-0.4, -0.2) is 70.0 Å². The Labute approximate surface area is 167 Å². The quantitative estimate of drug-likeness (QED) is 0.697. The van der Waals surface area contributed by atoms with Gasteiger partial charge in [-0.15, -0.1) is 0 Å². The van der Waals surface area contributed by atoms with E-state index in [1.54, 1.807) is 18.0 Å². The first kappa shape index (κ1) is 21.1. The van der Waals surface area contributed by atoms with E-state index in [1.165, 1.54) is 36.4 Å². The van der Waals surface area contributed by atoms with Crippen LogP contribution in [0.1, 0.15) is 48.9 Å². The molecule has 2 fully saturated rings. The Bertz CT molecular complexity index is 782. The Hall–Kier alpha value is -1.64. The molecule has 3 rings (SSSR count). The highest BCUT2D eigenvalue weighted by Gasteiger charge is 2.30. The van der Waals surface area contributed by atoms with Crippen molar-refractivity contribution in [2.45, 2.75) is 49.5 Å². The minimum Gasteiger partial charge on any atom is -0.496 e. The van der Waals surface area contributed by atoms with Crippen molar-refractivity contribution in [2.24, 2.45) is 0 Å². The number of morpholine rings is 1. The highest BCUT2D eigenvalue weighted by molar-refractivity contribution is 7.89. The van der Waals surface area contributed by atoms with Crippen LogP contribution in [0.4, 0.5) is 0 Å². The molecule has 1 saturated heterocycles. The summed E-state index contributed by atoms with van der Waals surface area (Å²) in [5, 5.41) is 0. The zero-order chi connectivity index (χ0) is 20.1. The van der Waals surface area contributed by atoms with Crippen LogP contribution in [0.5, 0.6) is 5.75 Å². The molecule has 1 aromatic rings. The average Bonchev–Trinajstić information content (AvgIpc) is 3.02. The van der Waals surface area contributed by atoms with Gasteiger partial charge in [-0.2, -0.15) is 4.31 Å². The van der Waals surface area contributed by atoms with Gasteiger partial charge in [-0.25, -0.2) is 8.42 Å². The average molecular weight is 411 g/mol. The number of amides is 1. The highest BCUT2D eigenvalue weighted by Crippen LogP contribution is 2.28. The van der Waals surface area contributed by atoms with Gasteiger partial charge in [0.2, 0.25) is 10.0 Å². The molecule has 1 saturated carbocycles. The van der Waals surface area contributed by atoms with Crippen molar-refractivity contribution in [3.8, 4) is 5.75 Å². The van der Waals surface area contributed by atoms with Gasteiger partial charge in [-0.1, -0.05) is 25.7 Å². The first-order valence-electron chi connectivity index (χ1n) is 9.98. The molecule has 0 radical (unpaired) electrons. The topological polar surface area (TPSA) is 76.1 Å². The number of benzene rings is 1. The first-order chi connectivity index (χ1) is 13.4. The van der Waals surface area contributed by atoms with Gasteiger partial charge < -0.3 is 14.4 Å². The van der Waals surface area contributed by atoms with Crippen molar-refractivity contribution in [2.75, 3.05) is 40.5 Å². The molecule has 0 N–H and O–H groups in total. The lowest BCUT2D eigenvalue weighted by molar-refractivity contribution is 0.0712. The minimum atomic E-state index is -3.67. The molecule has 1 amide bonds. The van der Waals surface area contributed by atoms with Crippen molar-refractivity contribution in [1.29, 1.82) is 0 Å². The van der Waals surface area contributed by atoms with Gasteiger partial charge in [-0.05, 0) is 31.0 Å². The molecule has 1 heterocycles. The zero-order valence-electron chi connectivity index (χ0n) is 16.7. The molecule has 0 aromatic heterocycles. The first-order valence-corrected chi connectivity index (χ1v) is 11.4. The van der Waals surface area contributed by atoms with Crippen LogP contribution >= 0.6 is 0 Å². The van der Waals surface area contributed by atoms with Gasteiger partial charge in [0.15, 0.2) is 0 Å². The van der Waals surface area contributed by atoms with Gasteiger partial charge in [0.1, 0.15) is 5.75 Å². The molecule has 1 aliphatic carbocycles. The molecular formula is C20H30N2O5S. The number of carbonyl (C=O) groups excluding carboxylic acids is 1. The molecule has 8 heteroatoms. The lowest BCUT2D eigenvalue weighted by Gasteiger charge is -2.29. The Morgan fingerprint density at radius 1 is 1.14 bits per heavy atom. The van der Waals surface area contributed by atoms with Crippen LogP contribution in [0.2, 0.25) is 0 Å². The summed E-state index contributed by atoms with van der Waals surface area (Å²) in [6.07, 6.45) is 6.60. The van der Waals surface area contributed by atoms with Crippen LogP contribution in [0.3, 0.4) is 0 Å². The molecule has 0 spiro atoms. The third-order valence-electron chi connectivity index (χ3n) is 5.70. The van der Waals surface area contributed by atoms with E-state index in [1.807, 2.05) is 0 Å². The van der Waals surface area contributed by atoms with Crippen molar-refractivity contribution < 1.29 is 22.7 Å². The summed E-state index contributed by atoms with van der Waals surface area (Å²) >= 11 is 0. The fraction of sp³-hybridized carbons (Fsp3) is 0.650. The van der Waals surface area contributed by atoms with Gasteiger partial charge in [0.25, 0.3) is 5.91 Å². The largest absolute Gasteiger partial charge is 0.496 e. The second-order valence-corrected chi connectivity index (χ2v) is 9.38. The molecule has 28 heavy (non-hydrogen) atoms. The van der Waals surface area contributed by atoms with E-state index in [0.717, 1.165) is 25.7 Å². The number of sulfonamides is 1. The van der Waals surface area contributed by atoms with Crippen LogP contribution in [0.15, 0.2) is 23.1 Å². The van der Waals surface area contributed by atoms with E-state index >= 15 is 0 Å². The van der Waals surface area contributed by atoms with Crippen LogP contribution in [0.25, 0.3) is 0 Å². The maximum atomic E-state index is 13.2. The third-order valence-corrected chi connectivity index (χ3v) is 7.60. The maximum absolute atomic E-state index is 13.2. The van der Waals surface area contributed by atoms with Crippen molar-refractivity contribution in [3.63, 3.8) is 0 Å². The number of carbonyl (C=O) groups is 1. The number of hydrogen-bond acceptors (Lipinski definition) is 5. The number of rotatable bonds is 5. The van der Waals surface area contributed by atoms with Crippen LogP contribution in [-0.2, 0) is 14.8 Å². The fourth-order valence-electron chi connectivity index (χ4n) is 3.95. The number of methoxy groups -OCH3 is 1. The Balaban J connectivity index is 1.89. The van der Waals surface area contributed by atoms with E-state index in [0.29, 0.717) is 37.6 Å². The normalized spacial score (nSPS) is 19.8. The van der Waals surface area contributed by atoms with Crippen molar-refractivity contribution in [3.05, 3.63) is 23.8 Å². The number of hydrogen-bond donors (Lipinski definition) is 0. The van der Waals surface area contributed by atoms with E-state index < -0.39 is 10.0 Å². The summed E-state index contributed by atoms with van der Waals surface area (Å²) in [5.74, 6) is 0.203. The molecule has 7 nitrogen and oxygen atoms in total. The second-order valence-electron chi connectivity index (χ2n) is 7.44. The highest BCUT2D eigenvalue weighted by atomic mass is 32.2. The van der Waals surface area contributed by atoms with E-state index in [9.17, 15) is 13.2 Å². The summed E-state index contributed by atoms with van der Waals surface area (Å²) < 4.78 is 38.0. The maximum Gasteiger partial charge on any atom is 0.257 e. The van der Waals surface area contributed by atoms with E-state index in [2.05, 4.69) is 0 Å². The fourth-order valence-corrected chi connectivity index (χ4v) is 5.39. The summed E-state index contributed by atoms with van der Waals surface area (Å²) in [6.45, 7) is 1.40. The predicted octanol–water partition coefficient (Wildman–Crippen LogP) is 2.51. The van der Waals surface area contributed by atoms with E-state index in [-0.39, 0.29) is 16.8 Å². The van der Waals surface area contributed by atoms with Gasteiger partial charge >= 0.3 is 0 Å². The molecule has 1 aromatic carbocycles. The van der Waals surface area contributed by atoms with Gasteiger partial charge in [0.05, 0.1) is 30.8 Å². The Morgan fingerprint density at radius 3 is 2.39 bits per heavy atom. The van der Waals surface area contributed by atoms with Crippen molar-refractivity contribution in [1.82, 2.24) is 9.21 Å². The molecule has 156 valence electrons. The third kappa shape index (κ3) is 4.50. The molecule has 0 unspecified atom stereocenters. The van der Waals surface area contributed by atoms with Crippen LogP contribution < -0.4 is 4.74 Å². The monoisotopic (exact) mass is 410 g/mol. The summed E-state index contributed by atoms with van der Waals surface area (Å²) in [6, 6.07) is 4.71. The van der Waals surface area contributed by atoms with Crippen molar-refractivity contribution >= 4 is 15.9 Å². The smallest absolute Gasteiger partial charge is 0.257 e. The number of nitrogens with zero attached hydrogens (tertiary/aromatic N) is 2. The summed E-state index contributed by atoms with van der Waals surface area (Å²) in [5.41, 5.74) is 0.295. The molecule has 2 aliphatic rings. The second kappa shape index (κ2) is 9.24. The summed E-state index contributed by atoms with van der Waals surface area (Å²) in [7, 11) is -0.372. The SMILES string of the molecule is COc1ccc(S(=O)(=O)N2CCOCC2)cc1C(=O)N(C)C1CCCCCC1. The van der Waals surface area contributed by atoms with Gasteiger partial charge in [-0.3, -0.25) is 4.79 Å². The van der Waals surface area contributed by atoms with Crippen LogP contribution in [0, 0.1) is 0 Å². The molecular weight excluding hydrogens is 380 g/mol. The van der Waals surface area contributed by atoms with Gasteiger partial charge in [0, 0.05) is 26.2 Å². The predicted molar refractivity (Wildman–Crippen MR) is 106 cm³/mol. The molecule has 0 bridgehead atoms. The Morgan fingerprint density at radius 2 is 1.79 bits per heavy atom. The molecule has 0 atom stereocenters. The lowest BCUT2D eigenvalue weighted by atomic mass is 10.1. The molecule has 1 aliphatic heterocycles. The Kier molecular flexibility index (Phi) is 6.95. The lowest BCUT2D eigenvalue weighted by Crippen LogP contribution is -2.40. The standard InChI is InChI=1S/C20H30N2O5S/c1-21(16-7-5-3-4-6-8-16)20(23)18-15-17(9-10-19(18)26-2)28(24,25)22-11-13-27-14-12-22/h9-10,15-16H,3-8,11-14H2,1-2H3. The minimum absolute atomic E-state index is 0.118. The zero-order valence-corrected chi connectivity index (χ0v) is 17.5. The number of ether oxygens (including phenoxy) is 2. The summed E-state index contributed by atoms with van der Waals surface area (Å²) in [4.78, 5) is 15.1. The van der Waals surface area contributed by atoms with E-state index in [4.69, 9.17) is 9.47 Å².